The molecule has 0 bridgehead atoms. The van der Waals surface area contributed by atoms with Crippen LogP contribution in [0.25, 0.3) is 5.69 Å². The topological polar surface area (TPSA) is 30.2 Å². The SMILES string of the molecule is CC.CC.CC.CC.Cc1ncc2n1-c1ccccc1C(c1ccccc1)=NC2.II. The van der Waals surface area contributed by atoms with E-state index < -0.39 is 0 Å². The lowest BCUT2D eigenvalue weighted by molar-refractivity contribution is 0.889. The molecule has 0 fully saturated rings. The van der Waals surface area contributed by atoms with Crippen molar-refractivity contribution in [3.8, 4) is 5.69 Å². The molecule has 0 saturated heterocycles. The number of nitrogens with zero attached hydrogens (tertiary/aromatic N) is 3. The van der Waals surface area contributed by atoms with Crippen molar-refractivity contribution in [3.63, 3.8) is 0 Å². The molecule has 0 unspecified atom stereocenters. The van der Waals surface area contributed by atoms with Crippen molar-refractivity contribution in [2.75, 3.05) is 0 Å². The normalized spacial score (nSPS) is 9.84. The molecular formula is C26H39I2N3. The summed E-state index contributed by atoms with van der Waals surface area (Å²) in [6, 6.07) is 18.8. The fourth-order valence-electron chi connectivity index (χ4n) is 2.89. The van der Waals surface area contributed by atoms with E-state index >= 15 is 0 Å². The number of imidazole rings is 1. The number of hydrogen-bond donors (Lipinski definition) is 0. The molecule has 1 aliphatic heterocycles. The molecule has 0 amide bonds. The Balaban J connectivity index is 0. The minimum Gasteiger partial charge on any atom is -0.298 e. The number of halogens is 2. The average molecular weight is 647 g/mol. The van der Waals surface area contributed by atoms with Gasteiger partial charge in [-0.25, -0.2) is 4.98 Å². The predicted octanol–water partition coefficient (Wildman–Crippen LogP) is 9.41. The van der Waals surface area contributed by atoms with Crippen molar-refractivity contribution in [2.45, 2.75) is 68.9 Å². The summed E-state index contributed by atoms with van der Waals surface area (Å²) in [5.74, 6) is 1.00. The van der Waals surface area contributed by atoms with Crippen LogP contribution in [0.1, 0.15) is 78.0 Å². The van der Waals surface area contributed by atoms with E-state index in [1.807, 2.05) is 74.6 Å². The summed E-state index contributed by atoms with van der Waals surface area (Å²) >= 11 is 4.24. The van der Waals surface area contributed by atoms with E-state index in [4.69, 9.17) is 4.99 Å². The van der Waals surface area contributed by atoms with E-state index in [9.17, 15) is 0 Å². The molecule has 172 valence electrons. The zero-order valence-corrected chi connectivity index (χ0v) is 24.9. The van der Waals surface area contributed by atoms with E-state index in [2.05, 4.69) is 95.3 Å². The Labute approximate surface area is 214 Å². The van der Waals surface area contributed by atoms with Gasteiger partial charge in [-0.15, -0.1) is 0 Å². The maximum Gasteiger partial charge on any atom is 0.110 e. The Kier molecular flexibility index (Phi) is 21.3. The summed E-state index contributed by atoms with van der Waals surface area (Å²) < 4.78 is 2.20. The third-order valence-electron chi connectivity index (χ3n) is 3.86. The van der Waals surface area contributed by atoms with Crippen molar-refractivity contribution in [2.24, 2.45) is 4.99 Å². The first-order valence-electron chi connectivity index (χ1n) is 11.2. The quantitative estimate of drug-likeness (QED) is 0.242. The minimum atomic E-state index is 0.653. The van der Waals surface area contributed by atoms with Crippen LogP contribution in [0.3, 0.4) is 0 Å². The number of aryl methyl sites for hydroxylation is 1. The number of rotatable bonds is 1. The number of benzene rings is 2. The van der Waals surface area contributed by atoms with Crippen molar-refractivity contribution >= 4 is 42.9 Å². The average Bonchev–Trinajstić information content (AvgIpc) is 3.17. The van der Waals surface area contributed by atoms with Crippen LogP contribution >= 0.6 is 37.2 Å². The van der Waals surface area contributed by atoms with E-state index in [-0.39, 0.29) is 0 Å². The van der Waals surface area contributed by atoms with Crippen molar-refractivity contribution < 1.29 is 0 Å². The molecule has 0 radical (unpaired) electrons. The smallest absolute Gasteiger partial charge is 0.110 e. The first-order valence-corrected chi connectivity index (χ1v) is 17.5. The highest BCUT2D eigenvalue weighted by Gasteiger charge is 2.19. The summed E-state index contributed by atoms with van der Waals surface area (Å²) in [6.45, 7) is 18.7. The number of aromatic nitrogens is 2. The Bertz CT molecular complexity index is 841. The molecule has 5 heteroatoms. The standard InChI is InChI=1S/C18H15N3.4C2H6.I2/c1-13-19-11-15-12-20-18(14-7-3-2-4-8-14)16-9-5-6-10-17(16)21(13)15;5*1-2/h2-11H,12H2,1H3;4*1-2H3;. The molecule has 0 saturated carbocycles. The van der Waals surface area contributed by atoms with Gasteiger partial charge >= 0.3 is 0 Å². The van der Waals surface area contributed by atoms with Gasteiger partial charge in [-0.3, -0.25) is 9.56 Å². The highest BCUT2D eigenvalue weighted by molar-refractivity contribution is 15.0. The van der Waals surface area contributed by atoms with Gasteiger partial charge in [0, 0.05) is 48.4 Å². The lowest BCUT2D eigenvalue weighted by atomic mass is 10.0. The largest absolute Gasteiger partial charge is 0.298 e. The molecule has 31 heavy (non-hydrogen) atoms. The van der Waals surface area contributed by atoms with Gasteiger partial charge in [0.25, 0.3) is 0 Å². The van der Waals surface area contributed by atoms with Crippen LogP contribution in [0.5, 0.6) is 0 Å². The lowest BCUT2D eigenvalue weighted by Crippen LogP contribution is -2.07. The number of hydrogen-bond acceptors (Lipinski definition) is 2. The van der Waals surface area contributed by atoms with Gasteiger partial charge in [-0.2, -0.15) is 0 Å². The summed E-state index contributed by atoms with van der Waals surface area (Å²) in [5.41, 5.74) is 5.65. The Morgan fingerprint density at radius 3 is 1.84 bits per heavy atom. The molecule has 0 atom stereocenters. The molecule has 1 aliphatic rings. The fourth-order valence-corrected chi connectivity index (χ4v) is 2.89. The molecule has 2 heterocycles. The number of para-hydroxylation sites is 1. The minimum absolute atomic E-state index is 0.653. The Morgan fingerprint density at radius 1 is 0.742 bits per heavy atom. The van der Waals surface area contributed by atoms with Gasteiger partial charge < -0.3 is 0 Å². The third kappa shape index (κ3) is 9.04. The van der Waals surface area contributed by atoms with E-state index in [1.165, 1.54) is 0 Å². The summed E-state index contributed by atoms with van der Waals surface area (Å²) in [7, 11) is 0. The van der Waals surface area contributed by atoms with Crippen molar-refractivity contribution in [3.05, 3.63) is 83.4 Å². The van der Waals surface area contributed by atoms with Crippen LogP contribution in [-0.2, 0) is 6.54 Å². The molecular weight excluding hydrogens is 608 g/mol. The van der Waals surface area contributed by atoms with Gasteiger partial charge in [-0.05, 0) is 13.0 Å². The van der Waals surface area contributed by atoms with Gasteiger partial charge in [0.1, 0.15) is 5.82 Å². The molecule has 4 rings (SSSR count). The van der Waals surface area contributed by atoms with Gasteiger partial charge in [0.2, 0.25) is 0 Å². The van der Waals surface area contributed by atoms with Crippen LogP contribution in [0.4, 0.5) is 0 Å². The highest BCUT2D eigenvalue weighted by Crippen LogP contribution is 2.26. The number of fused-ring (bicyclic) bond motifs is 3. The fraction of sp³-hybridized carbons (Fsp3) is 0.385. The highest BCUT2D eigenvalue weighted by atomic mass is 128. The Morgan fingerprint density at radius 2 is 1.26 bits per heavy atom. The maximum absolute atomic E-state index is 4.85. The van der Waals surface area contributed by atoms with Crippen molar-refractivity contribution in [1.29, 1.82) is 0 Å². The molecule has 1 aromatic heterocycles. The first-order chi connectivity index (χ1) is 15.3. The van der Waals surface area contributed by atoms with Crippen LogP contribution in [0, 0.1) is 6.92 Å². The zero-order valence-electron chi connectivity index (χ0n) is 20.6. The zero-order chi connectivity index (χ0) is 24.2. The third-order valence-corrected chi connectivity index (χ3v) is 3.86. The second-order valence-corrected chi connectivity index (χ2v) is 5.18. The lowest BCUT2D eigenvalue weighted by Gasteiger charge is -2.12. The maximum atomic E-state index is 4.85. The second kappa shape index (κ2) is 20.7. The molecule has 0 spiro atoms. The monoisotopic (exact) mass is 647 g/mol. The van der Waals surface area contributed by atoms with Crippen LogP contribution in [0.2, 0.25) is 0 Å². The van der Waals surface area contributed by atoms with E-state index in [0.717, 1.165) is 34.0 Å². The van der Waals surface area contributed by atoms with Crippen molar-refractivity contribution in [1.82, 2.24) is 9.55 Å². The van der Waals surface area contributed by atoms with Gasteiger partial charge in [-0.1, -0.05) is 104 Å². The van der Waals surface area contributed by atoms with E-state index in [0.29, 0.717) is 6.54 Å². The predicted molar refractivity (Wildman–Crippen MR) is 158 cm³/mol. The van der Waals surface area contributed by atoms with Gasteiger partial charge in [0.05, 0.1) is 29.8 Å². The van der Waals surface area contributed by atoms with E-state index in [1.54, 1.807) is 0 Å². The summed E-state index contributed by atoms with van der Waals surface area (Å²) in [5, 5.41) is 0. The molecule has 0 N–H and O–H groups in total. The van der Waals surface area contributed by atoms with Crippen LogP contribution in [0.15, 0.2) is 65.8 Å². The van der Waals surface area contributed by atoms with Crippen LogP contribution in [-0.4, -0.2) is 15.3 Å². The molecule has 3 aromatic rings. The summed E-state index contributed by atoms with van der Waals surface area (Å²) in [6.07, 6.45) is 1.92. The summed E-state index contributed by atoms with van der Waals surface area (Å²) in [4.78, 5) is 9.28. The van der Waals surface area contributed by atoms with Crippen LogP contribution < -0.4 is 0 Å². The molecule has 2 aromatic carbocycles. The first kappa shape index (κ1) is 32.0. The van der Waals surface area contributed by atoms with Gasteiger partial charge in [0.15, 0.2) is 0 Å². The molecule has 3 nitrogen and oxygen atoms in total. The Hall–Kier alpha value is -1.22. The number of aliphatic imine (C=N–C) groups is 1. The second-order valence-electron chi connectivity index (χ2n) is 5.18. The molecule has 0 aliphatic carbocycles.